The van der Waals surface area contributed by atoms with Gasteiger partial charge in [0.1, 0.15) is 5.60 Å². The summed E-state index contributed by atoms with van der Waals surface area (Å²) in [6.07, 6.45) is 6.60. The third-order valence-corrected chi connectivity index (χ3v) is 6.59. The van der Waals surface area contributed by atoms with Gasteiger partial charge in [-0.25, -0.2) is 9.59 Å². The van der Waals surface area contributed by atoms with E-state index in [0.29, 0.717) is 23.8 Å². The Bertz CT molecular complexity index is 508. The Balaban J connectivity index is 1.73. The molecule has 0 heterocycles. The largest absolute Gasteiger partial charge is 0.456 e. The van der Waals surface area contributed by atoms with Gasteiger partial charge in [0.05, 0.1) is 0 Å². The summed E-state index contributed by atoms with van der Waals surface area (Å²) in [5.41, 5.74) is -0.0332. The highest BCUT2D eigenvalue weighted by atomic mass is 16.6. The monoisotopic (exact) mass is 334 g/mol. The second-order valence-corrected chi connectivity index (χ2v) is 8.12. The molecule has 0 aromatic carbocycles. The van der Waals surface area contributed by atoms with Crippen molar-refractivity contribution in [1.29, 1.82) is 0 Å². The molecule has 4 fully saturated rings. The van der Waals surface area contributed by atoms with Gasteiger partial charge >= 0.3 is 11.9 Å². The molecule has 0 spiro atoms. The van der Waals surface area contributed by atoms with Crippen molar-refractivity contribution in [2.45, 2.75) is 77.4 Å². The second-order valence-electron chi connectivity index (χ2n) is 8.12. The van der Waals surface area contributed by atoms with Gasteiger partial charge in [0.2, 0.25) is 0 Å². The number of rotatable bonds is 6. The van der Waals surface area contributed by atoms with Crippen LogP contribution in [0.25, 0.3) is 0 Å². The highest BCUT2D eigenvalue weighted by Crippen LogP contribution is 2.60. The maximum atomic E-state index is 12.8. The van der Waals surface area contributed by atoms with Crippen molar-refractivity contribution in [3.8, 4) is 0 Å². The minimum absolute atomic E-state index is 0.307. The van der Waals surface area contributed by atoms with Crippen LogP contribution < -0.4 is 0 Å². The number of carbonyl (C=O) groups is 2. The Morgan fingerprint density at radius 2 is 1.62 bits per heavy atom. The minimum Gasteiger partial charge on any atom is -0.456 e. The van der Waals surface area contributed by atoms with Gasteiger partial charge in [-0.05, 0) is 75.5 Å². The van der Waals surface area contributed by atoms with E-state index in [-0.39, 0.29) is 11.6 Å². The van der Waals surface area contributed by atoms with Gasteiger partial charge in [-0.2, -0.15) is 0 Å². The maximum Gasteiger partial charge on any atom is 0.348 e. The van der Waals surface area contributed by atoms with Crippen molar-refractivity contribution in [3.63, 3.8) is 0 Å². The Labute approximate surface area is 145 Å². The standard InChI is InChI=1S/C20H30O4/c1-5-17(23-18(21)12(3)4)19(22)24-20(6-2)15-8-13-7-14(10-15)11-16(20)9-13/h13-17H,3,5-11H2,1-2,4H3. The molecule has 0 N–H and O–H groups in total. The van der Waals surface area contributed by atoms with Crippen LogP contribution >= 0.6 is 0 Å². The molecule has 4 heteroatoms. The first-order valence-electron chi connectivity index (χ1n) is 9.48. The van der Waals surface area contributed by atoms with Crippen molar-refractivity contribution in [2.75, 3.05) is 0 Å². The van der Waals surface area contributed by atoms with Crippen LogP contribution in [-0.4, -0.2) is 23.6 Å². The van der Waals surface area contributed by atoms with Crippen molar-refractivity contribution >= 4 is 11.9 Å². The molecule has 0 saturated heterocycles. The molecule has 0 radical (unpaired) electrons. The summed E-state index contributed by atoms with van der Waals surface area (Å²) in [4.78, 5) is 24.5. The van der Waals surface area contributed by atoms with Crippen molar-refractivity contribution < 1.29 is 19.1 Å². The van der Waals surface area contributed by atoms with Crippen LogP contribution in [0.5, 0.6) is 0 Å². The summed E-state index contributed by atoms with van der Waals surface area (Å²) in [5.74, 6) is 1.73. The topological polar surface area (TPSA) is 52.6 Å². The molecule has 1 unspecified atom stereocenters. The van der Waals surface area contributed by atoms with E-state index in [1.54, 1.807) is 6.92 Å². The molecule has 0 aromatic rings. The maximum absolute atomic E-state index is 12.8. The fourth-order valence-corrected chi connectivity index (χ4v) is 5.58. The number of hydrogen-bond acceptors (Lipinski definition) is 4. The summed E-state index contributed by atoms with van der Waals surface area (Å²) in [7, 11) is 0. The third kappa shape index (κ3) is 2.89. The van der Waals surface area contributed by atoms with E-state index in [0.717, 1.165) is 18.3 Å². The predicted molar refractivity (Wildman–Crippen MR) is 91.1 cm³/mol. The van der Waals surface area contributed by atoms with Gasteiger partial charge in [0.15, 0.2) is 6.10 Å². The second kappa shape index (κ2) is 6.53. The lowest BCUT2D eigenvalue weighted by molar-refractivity contribution is -0.219. The average molecular weight is 334 g/mol. The van der Waals surface area contributed by atoms with Gasteiger partial charge in [-0.15, -0.1) is 0 Å². The Morgan fingerprint density at radius 1 is 1.08 bits per heavy atom. The highest BCUT2D eigenvalue weighted by molar-refractivity contribution is 5.89. The van der Waals surface area contributed by atoms with Crippen LogP contribution in [0.1, 0.15) is 65.7 Å². The van der Waals surface area contributed by atoms with Crippen molar-refractivity contribution in [2.24, 2.45) is 23.7 Å². The number of ether oxygens (including phenoxy) is 2. The molecule has 0 aliphatic heterocycles. The molecular formula is C20H30O4. The highest BCUT2D eigenvalue weighted by Gasteiger charge is 2.58. The molecule has 134 valence electrons. The van der Waals surface area contributed by atoms with Gasteiger partial charge in [0, 0.05) is 5.57 Å². The Hall–Kier alpha value is -1.32. The van der Waals surface area contributed by atoms with E-state index in [1.807, 2.05) is 6.92 Å². The predicted octanol–water partition coefficient (Wildman–Crippen LogP) is 4.03. The zero-order valence-corrected chi connectivity index (χ0v) is 15.2. The normalized spacial score (nSPS) is 37.8. The molecule has 4 aliphatic rings. The Morgan fingerprint density at radius 3 is 2.04 bits per heavy atom. The summed E-state index contributed by atoms with van der Waals surface area (Å²) >= 11 is 0. The van der Waals surface area contributed by atoms with E-state index in [9.17, 15) is 9.59 Å². The summed E-state index contributed by atoms with van der Waals surface area (Å²) in [6.45, 7) is 9.14. The molecule has 4 nitrogen and oxygen atoms in total. The van der Waals surface area contributed by atoms with Crippen molar-refractivity contribution in [1.82, 2.24) is 0 Å². The number of esters is 2. The summed E-state index contributed by atoms with van der Waals surface area (Å²) < 4.78 is 11.4. The minimum atomic E-state index is -0.824. The molecule has 0 amide bonds. The SMILES string of the molecule is C=C(C)C(=O)OC(CC)C(=O)OC1(CC)C2CC3CC(C2)CC1C3. The van der Waals surface area contributed by atoms with Crippen LogP contribution in [-0.2, 0) is 19.1 Å². The van der Waals surface area contributed by atoms with Gasteiger partial charge in [-0.3, -0.25) is 0 Å². The lowest BCUT2D eigenvalue weighted by Crippen LogP contribution is -2.60. The molecule has 4 saturated carbocycles. The smallest absolute Gasteiger partial charge is 0.348 e. The third-order valence-electron chi connectivity index (χ3n) is 6.59. The fraction of sp³-hybridized carbons (Fsp3) is 0.800. The fourth-order valence-electron chi connectivity index (χ4n) is 5.58. The van der Waals surface area contributed by atoms with Crippen molar-refractivity contribution in [3.05, 3.63) is 12.2 Å². The van der Waals surface area contributed by atoms with Gasteiger partial charge < -0.3 is 9.47 Å². The molecule has 4 rings (SSSR count). The van der Waals surface area contributed by atoms with E-state index >= 15 is 0 Å². The molecule has 0 aromatic heterocycles. The molecule has 4 aliphatic carbocycles. The van der Waals surface area contributed by atoms with E-state index < -0.39 is 12.1 Å². The molecule has 1 atom stereocenters. The Kier molecular flexibility index (Phi) is 4.76. The molecular weight excluding hydrogens is 304 g/mol. The van der Waals surface area contributed by atoms with E-state index in [4.69, 9.17) is 9.47 Å². The van der Waals surface area contributed by atoms with Gasteiger partial charge in [0.25, 0.3) is 0 Å². The lowest BCUT2D eigenvalue weighted by atomic mass is 9.49. The summed E-state index contributed by atoms with van der Waals surface area (Å²) in [5, 5.41) is 0. The van der Waals surface area contributed by atoms with Crippen LogP contribution in [0.2, 0.25) is 0 Å². The quantitative estimate of drug-likeness (QED) is 0.543. The van der Waals surface area contributed by atoms with Gasteiger partial charge in [-0.1, -0.05) is 20.4 Å². The van der Waals surface area contributed by atoms with E-state index in [2.05, 4.69) is 13.5 Å². The lowest BCUT2D eigenvalue weighted by Gasteiger charge is -2.60. The molecule has 24 heavy (non-hydrogen) atoms. The first-order valence-corrected chi connectivity index (χ1v) is 9.48. The molecule has 4 bridgehead atoms. The first kappa shape index (κ1) is 17.5. The number of carbonyl (C=O) groups excluding carboxylic acids is 2. The average Bonchev–Trinajstić information content (AvgIpc) is 2.54. The van der Waals surface area contributed by atoms with Crippen LogP contribution in [0.4, 0.5) is 0 Å². The first-order chi connectivity index (χ1) is 11.4. The number of hydrogen-bond donors (Lipinski definition) is 0. The van der Waals surface area contributed by atoms with Crippen LogP contribution in [0.15, 0.2) is 12.2 Å². The van der Waals surface area contributed by atoms with Crippen LogP contribution in [0, 0.1) is 23.7 Å². The van der Waals surface area contributed by atoms with Crippen LogP contribution in [0.3, 0.4) is 0 Å². The zero-order chi connectivity index (χ0) is 17.5. The summed E-state index contributed by atoms with van der Waals surface area (Å²) in [6, 6.07) is 0. The van der Waals surface area contributed by atoms with E-state index in [1.165, 1.54) is 32.1 Å². The zero-order valence-electron chi connectivity index (χ0n) is 15.2.